The lowest BCUT2D eigenvalue weighted by Crippen LogP contribution is -2.36. The zero-order chi connectivity index (χ0) is 21.0. The molecule has 0 saturated heterocycles. The monoisotopic (exact) mass is 428 g/mol. The molecule has 10 nitrogen and oxygen atoms in total. The van der Waals surface area contributed by atoms with Crippen molar-refractivity contribution in [1.82, 2.24) is 19.5 Å². The Kier molecular flexibility index (Phi) is 7.36. The first-order valence-corrected chi connectivity index (χ1v) is 9.90. The van der Waals surface area contributed by atoms with Crippen LogP contribution in [0.15, 0.2) is 6.33 Å². The normalized spacial score (nSPS) is 24.3. The molecule has 29 heavy (non-hydrogen) atoms. The van der Waals surface area contributed by atoms with Crippen LogP contribution in [0.2, 0.25) is 5.28 Å². The number of carbonyl (C=O) groups is 1. The van der Waals surface area contributed by atoms with Gasteiger partial charge in [-0.25, -0.2) is 34.5 Å². The molecule has 160 valence electrons. The number of halogens is 1. The smallest absolute Gasteiger partial charge is 0.302 e. The number of rotatable bonds is 9. The third-order valence-electron chi connectivity index (χ3n) is 4.76. The van der Waals surface area contributed by atoms with Crippen LogP contribution in [-0.4, -0.2) is 57.5 Å². The Morgan fingerprint density at radius 1 is 1.21 bits per heavy atom. The summed E-state index contributed by atoms with van der Waals surface area (Å²) >= 11 is 6.48. The van der Waals surface area contributed by atoms with Crippen molar-refractivity contribution in [3.05, 3.63) is 17.3 Å². The molecule has 1 aliphatic carbocycles. The number of aryl methyl sites for hydroxylation is 1. The third-order valence-corrected chi connectivity index (χ3v) is 5.02. The summed E-state index contributed by atoms with van der Waals surface area (Å²) in [6, 6.07) is -0.334. The van der Waals surface area contributed by atoms with Crippen molar-refractivity contribution in [1.29, 1.82) is 0 Å². The summed E-state index contributed by atoms with van der Waals surface area (Å²) in [5.41, 5.74) is 1.91. The van der Waals surface area contributed by atoms with Gasteiger partial charge in [0.1, 0.15) is 24.1 Å². The molecule has 11 heteroatoms. The molecule has 1 aliphatic rings. The van der Waals surface area contributed by atoms with E-state index in [0.29, 0.717) is 30.8 Å². The molecular weight excluding hydrogens is 404 g/mol. The van der Waals surface area contributed by atoms with Gasteiger partial charge in [0.25, 0.3) is 0 Å². The molecule has 0 aromatic carbocycles. The van der Waals surface area contributed by atoms with Gasteiger partial charge in [0, 0.05) is 12.8 Å². The molecule has 1 saturated carbocycles. The predicted octanol–water partition coefficient (Wildman–Crippen LogP) is 2.59. The summed E-state index contributed by atoms with van der Waals surface area (Å²) in [5.74, 6) is -0.585. The minimum Gasteiger partial charge on any atom is -0.465 e. The maximum Gasteiger partial charge on any atom is 0.302 e. The van der Waals surface area contributed by atoms with E-state index in [-0.39, 0.29) is 29.8 Å². The Bertz CT molecular complexity index is 847. The van der Waals surface area contributed by atoms with Crippen LogP contribution in [0.3, 0.4) is 0 Å². The van der Waals surface area contributed by atoms with E-state index in [2.05, 4.69) is 15.0 Å². The average molecular weight is 429 g/mol. The van der Waals surface area contributed by atoms with Crippen LogP contribution in [0, 0.1) is 12.8 Å². The Labute approximate surface area is 173 Å². The van der Waals surface area contributed by atoms with Gasteiger partial charge in [-0.15, -0.1) is 0 Å². The van der Waals surface area contributed by atoms with Gasteiger partial charge in [-0.05, 0) is 38.8 Å². The molecular formula is C18H25ClN4O6. The van der Waals surface area contributed by atoms with Crippen molar-refractivity contribution in [3.63, 3.8) is 0 Å². The van der Waals surface area contributed by atoms with Crippen molar-refractivity contribution in [2.45, 2.75) is 52.4 Å². The molecule has 4 atom stereocenters. The van der Waals surface area contributed by atoms with Crippen LogP contribution in [0.25, 0.3) is 11.2 Å². The van der Waals surface area contributed by atoms with Gasteiger partial charge in [0.2, 0.25) is 5.28 Å². The summed E-state index contributed by atoms with van der Waals surface area (Å²) in [5, 5.41) is 0.252. The van der Waals surface area contributed by atoms with E-state index in [9.17, 15) is 4.79 Å². The maximum atomic E-state index is 11.3. The first-order chi connectivity index (χ1) is 14.0. The summed E-state index contributed by atoms with van der Waals surface area (Å²) < 4.78 is 7.02. The van der Waals surface area contributed by atoms with Crippen LogP contribution in [-0.2, 0) is 29.1 Å². The molecule has 3 rings (SSSR count). The zero-order valence-electron chi connectivity index (χ0n) is 16.8. The topological polar surface area (TPSA) is 107 Å². The van der Waals surface area contributed by atoms with Gasteiger partial charge >= 0.3 is 5.97 Å². The van der Waals surface area contributed by atoms with E-state index in [4.69, 9.17) is 35.9 Å². The van der Waals surface area contributed by atoms with Gasteiger partial charge in [-0.2, -0.15) is 0 Å². The second kappa shape index (κ2) is 9.77. The largest absolute Gasteiger partial charge is 0.465 e. The summed E-state index contributed by atoms with van der Waals surface area (Å²) in [6.07, 6.45) is 0.843. The minimum atomic E-state index is -0.591. The van der Waals surface area contributed by atoms with Crippen molar-refractivity contribution in [2.24, 2.45) is 5.92 Å². The Morgan fingerprint density at radius 2 is 1.90 bits per heavy atom. The van der Waals surface area contributed by atoms with Crippen LogP contribution < -0.4 is 0 Å². The van der Waals surface area contributed by atoms with Crippen molar-refractivity contribution >= 4 is 28.7 Å². The third kappa shape index (κ3) is 4.67. The molecule has 0 aliphatic heterocycles. The molecule has 1 unspecified atom stereocenters. The van der Waals surface area contributed by atoms with Gasteiger partial charge in [0.05, 0.1) is 31.6 Å². The maximum absolute atomic E-state index is 11.3. The number of fused-ring (bicyclic) bond motifs is 1. The summed E-state index contributed by atoms with van der Waals surface area (Å²) in [6.45, 7) is 7.67. The molecule has 2 heterocycles. The van der Waals surface area contributed by atoms with Crippen LogP contribution in [0.1, 0.15) is 38.9 Å². The molecule has 0 N–H and O–H groups in total. The lowest BCUT2D eigenvalue weighted by molar-refractivity contribution is -0.391. The highest BCUT2D eigenvalue weighted by atomic mass is 35.5. The van der Waals surface area contributed by atoms with Crippen molar-refractivity contribution in [2.75, 3.05) is 19.8 Å². The van der Waals surface area contributed by atoms with E-state index in [1.165, 1.54) is 13.3 Å². The lowest BCUT2D eigenvalue weighted by Gasteiger charge is -2.25. The first-order valence-electron chi connectivity index (χ1n) is 9.52. The van der Waals surface area contributed by atoms with Crippen molar-refractivity contribution < 1.29 is 29.1 Å². The SMILES string of the molecule is CCOO[C@@H]1[C@@H](COC(C)=O)CC(n2c(Cl)nc3c(C)ncnc32)[C@@H]1OOCC. The second-order valence-corrected chi connectivity index (χ2v) is 7.02. The Hall–Kier alpha value is -1.85. The van der Waals surface area contributed by atoms with Gasteiger partial charge in [0.15, 0.2) is 5.65 Å². The van der Waals surface area contributed by atoms with E-state index in [1.54, 1.807) is 4.57 Å². The Balaban J connectivity index is 1.99. The van der Waals surface area contributed by atoms with Crippen LogP contribution in [0.5, 0.6) is 0 Å². The molecule has 0 spiro atoms. The number of nitrogens with zero attached hydrogens (tertiary/aromatic N) is 4. The van der Waals surface area contributed by atoms with Crippen molar-refractivity contribution in [3.8, 4) is 0 Å². The van der Waals surface area contributed by atoms with E-state index in [0.717, 1.165) is 5.69 Å². The standard InChI is InChI=1S/C18H25ClN4O6/c1-5-26-28-15-12(8-25-11(4)24)7-13(16(15)29-27-6-2)23-17-14(22-18(23)19)10(3)20-9-21-17/h9,12-13,15-16H,5-8H2,1-4H3/t12-,13?,15-,16+/m1/s1. The summed E-state index contributed by atoms with van der Waals surface area (Å²) in [7, 11) is 0. The number of hydrogen-bond acceptors (Lipinski definition) is 9. The molecule has 0 amide bonds. The minimum absolute atomic E-state index is 0.147. The number of aromatic nitrogens is 4. The number of esters is 1. The van der Waals surface area contributed by atoms with Crippen LogP contribution >= 0.6 is 11.6 Å². The molecule has 0 bridgehead atoms. The zero-order valence-corrected chi connectivity index (χ0v) is 17.6. The number of hydrogen-bond donors (Lipinski definition) is 0. The highest BCUT2D eigenvalue weighted by molar-refractivity contribution is 6.29. The number of ether oxygens (including phenoxy) is 1. The van der Waals surface area contributed by atoms with Gasteiger partial charge in [-0.3, -0.25) is 9.36 Å². The fourth-order valence-electron chi connectivity index (χ4n) is 3.54. The lowest BCUT2D eigenvalue weighted by atomic mass is 10.1. The fraction of sp³-hybridized carbons (Fsp3) is 0.667. The molecule has 2 aromatic rings. The molecule has 0 radical (unpaired) electrons. The fourth-order valence-corrected chi connectivity index (χ4v) is 3.83. The highest BCUT2D eigenvalue weighted by Gasteiger charge is 2.49. The summed E-state index contributed by atoms with van der Waals surface area (Å²) in [4.78, 5) is 46.0. The quantitative estimate of drug-likeness (QED) is 0.257. The van der Waals surface area contributed by atoms with E-state index in [1.807, 2.05) is 20.8 Å². The average Bonchev–Trinajstić information content (AvgIpc) is 3.20. The van der Waals surface area contributed by atoms with Crippen LogP contribution in [0.4, 0.5) is 0 Å². The van der Waals surface area contributed by atoms with Gasteiger partial charge < -0.3 is 4.74 Å². The molecule has 2 aromatic heterocycles. The highest BCUT2D eigenvalue weighted by Crippen LogP contribution is 2.42. The van der Waals surface area contributed by atoms with Gasteiger partial charge in [-0.1, -0.05) is 0 Å². The molecule has 1 fully saturated rings. The van der Waals surface area contributed by atoms with E-state index >= 15 is 0 Å². The Morgan fingerprint density at radius 3 is 2.55 bits per heavy atom. The number of imidazole rings is 1. The van der Waals surface area contributed by atoms with E-state index < -0.39 is 12.2 Å². The first kappa shape index (κ1) is 21.8. The number of carbonyl (C=O) groups excluding carboxylic acids is 1. The predicted molar refractivity (Wildman–Crippen MR) is 102 cm³/mol. The second-order valence-electron chi connectivity index (χ2n) is 6.68.